The molecule has 0 saturated heterocycles. The molecule has 8 heteroatoms. The molecule has 0 fully saturated rings. The first-order chi connectivity index (χ1) is 15.0. The first-order valence-corrected chi connectivity index (χ1v) is 9.98. The van der Waals surface area contributed by atoms with E-state index in [0.29, 0.717) is 6.54 Å². The summed E-state index contributed by atoms with van der Waals surface area (Å²) in [5.41, 5.74) is 4.95. The summed E-state index contributed by atoms with van der Waals surface area (Å²) in [5.74, 6) is -0.478. The van der Waals surface area contributed by atoms with Crippen LogP contribution in [0.2, 0.25) is 5.02 Å². The average molecular weight is 434 g/mol. The Labute approximate surface area is 181 Å². The van der Waals surface area contributed by atoms with Crippen molar-refractivity contribution < 1.29 is 4.39 Å². The second-order valence-corrected chi connectivity index (χ2v) is 7.77. The van der Waals surface area contributed by atoms with Crippen LogP contribution in [0.25, 0.3) is 33.3 Å². The minimum Gasteiger partial charge on any atom is -0.311 e. The molecule has 0 unspecified atom stereocenters. The SMILES string of the molecule is Cn1cc(-c2n[nH]c3ccc(-c4ccn(Cc5ccc(F)c(Cl)c5)c(=O)c4)cc23)cn1. The molecule has 154 valence electrons. The van der Waals surface area contributed by atoms with Crippen LogP contribution in [0.4, 0.5) is 4.39 Å². The van der Waals surface area contributed by atoms with E-state index < -0.39 is 5.82 Å². The molecule has 31 heavy (non-hydrogen) atoms. The molecule has 0 saturated carbocycles. The van der Waals surface area contributed by atoms with Crippen LogP contribution in [0.1, 0.15) is 5.56 Å². The minimum absolute atomic E-state index is 0.0417. The molecule has 0 radical (unpaired) electrons. The van der Waals surface area contributed by atoms with Gasteiger partial charge in [-0.25, -0.2) is 4.39 Å². The highest BCUT2D eigenvalue weighted by Crippen LogP contribution is 2.30. The van der Waals surface area contributed by atoms with Crippen LogP contribution in [-0.4, -0.2) is 24.5 Å². The van der Waals surface area contributed by atoms with E-state index in [-0.39, 0.29) is 10.6 Å². The molecule has 0 aliphatic rings. The third kappa shape index (κ3) is 3.64. The van der Waals surface area contributed by atoms with Crippen molar-refractivity contribution in [2.75, 3.05) is 0 Å². The molecule has 1 N–H and O–H groups in total. The van der Waals surface area contributed by atoms with E-state index in [1.165, 1.54) is 12.1 Å². The number of nitrogens with zero attached hydrogens (tertiary/aromatic N) is 4. The fourth-order valence-corrected chi connectivity index (χ4v) is 3.81. The van der Waals surface area contributed by atoms with Crippen LogP contribution in [0.3, 0.4) is 0 Å². The lowest BCUT2D eigenvalue weighted by molar-refractivity contribution is 0.626. The van der Waals surface area contributed by atoms with Gasteiger partial charge in [-0.05, 0) is 47.0 Å². The Balaban J connectivity index is 1.49. The van der Waals surface area contributed by atoms with E-state index in [4.69, 9.17) is 11.6 Å². The fraction of sp³-hybridized carbons (Fsp3) is 0.0870. The molecule has 6 nitrogen and oxygen atoms in total. The monoisotopic (exact) mass is 433 g/mol. The lowest BCUT2D eigenvalue weighted by Gasteiger charge is -2.09. The van der Waals surface area contributed by atoms with E-state index in [9.17, 15) is 9.18 Å². The Morgan fingerprint density at radius 2 is 1.90 bits per heavy atom. The van der Waals surface area contributed by atoms with E-state index in [2.05, 4.69) is 15.3 Å². The number of benzene rings is 2. The number of pyridine rings is 1. The number of aromatic nitrogens is 5. The number of fused-ring (bicyclic) bond motifs is 1. The van der Waals surface area contributed by atoms with Crippen LogP contribution in [0.5, 0.6) is 0 Å². The largest absolute Gasteiger partial charge is 0.311 e. The summed E-state index contributed by atoms with van der Waals surface area (Å²) in [6.45, 7) is 0.311. The third-order valence-electron chi connectivity index (χ3n) is 5.21. The summed E-state index contributed by atoms with van der Waals surface area (Å²) in [5, 5.41) is 12.7. The van der Waals surface area contributed by atoms with Gasteiger partial charge in [-0.15, -0.1) is 0 Å². The second-order valence-electron chi connectivity index (χ2n) is 7.37. The second kappa shape index (κ2) is 7.52. The molecule has 0 spiro atoms. The van der Waals surface area contributed by atoms with Gasteiger partial charge in [0.25, 0.3) is 5.56 Å². The van der Waals surface area contributed by atoms with Crippen molar-refractivity contribution in [2.24, 2.45) is 7.05 Å². The highest BCUT2D eigenvalue weighted by Gasteiger charge is 2.12. The normalized spacial score (nSPS) is 11.3. The molecule has 3 heterocycles. The topological polar surface area (TPSA) is 68.5 Å². The number of rotatable bonds is 4. The Morgan fingerprint density at radius 3 is 2.65 bits per heavy atom. The zero-order chi connectivity index (χ0) is 21.5. The Bertz CT molecular complexity index is 1480. The predicted octanol–water partition coefficient (Wildman–Crippen LogP) is 4.63. The van der Waals surface area contributed by atoms with Gasteiger partial charge in [0.15, 0.2) is 0 Å². The Morgan fingerprint density at radius 1 is 1.06 bits per heavy atom. The number of hydrogen-bond donors (Lipinski definition) is 1. The molecule has 0 aliphatic heterocycles. The maximum atomic E-state index is 13.4. The van der Waals surface area contributed by atoms with Crippen LogP contribution in [0, 0.1) is 5.82 Å². The van der Waals surface area contributed by atoms with Crippen LogP contribution >= 0.6 is 11.6 Å². The average Bonchev–Trinajstić information content (AvgIpc) is 3.37. The van der Waals surface area contributed by atoms with Gasteiger partial charge in [0, 0.05) is 36.5 Å². The quantitative estimate of drug-likeness (QED) is 0.449. The van der Waals surface area contributed by atoms with Gasteiger partial charge in [-0.2, -0.15) is 10.2 Å². The van der Waals surface area contributed by atoms with Crippen molar-refractivity contribution in [3.8, 4) is 22.4 Å². The van der Waals surface area contributed by atoms with Crippen molar-refractivity contribution in [1.29, 1.82) is 0 Å². The maximum absolute atomic E-state index is 13.4. The smallest absolute Gasteiger partial charge is 0.251 e. The molecular weight excluding hydrogens is 417 g/mol. The first-order valence-electron chi connectivity index (χ1n) is 9.60. The lowest BCUT2D eigenvalue weighted by Crippen LogP contribution is -2.19. The number of aromatic amines is 1. The lowest BCUT2D eigenvalue weighted by atomic mass is 10.0. The minimum atomic E-state index is -0.478. The van der Waals surface area contributed by atoms with Gasteiger partial charge in [-0.3, -0.25) is 14.6 Å². The van der Waals surface area contributed by atoms with Crippen LogP contribution < -0.4 is 5.56 Å². The van der Waals surface area contributed by atoms with E-state index >= 15 is 0 Å². The predicted molar refractivity (Wildman–Crippen MR) is 119 cm³/mol. The molecule has 0 amide bonds. The number of hydrogen-bond acceptors (Lipinski definition) is 3. The number of aryl methyl sites for hydroxylation is 1. The molecule has 2 aromatic carbocycles. The summed E-state index contributed by atoms with van der Waals surface area (Å²) in [7, 11) is 1.86. The number of nitrogens with one attached hydrogen (secondary N) is 1. The van der Waals surface area contributed by atoms with Gasteiger partial charge in [0.05, 0.1) is 23.3 Å². The molecule has 3 aromatic heterocycles. The van der Waals surface area contributed by atoms with Crippen molar-refractivity contribution in [3.05, 3.63) is 93.9 Å². The zero-order valence-electron chi connectivity index (χ0n) is 16.5. The summed E-state index contributed by atoms with van der Waals surface area (Å²) in [6, 6.07) is 13.8. The van der Waals surface area contributed by atoms with Gasteiger partial charge in [0.2, 0.25) is 0 Å². The Hall–Kier alpha value is -3.71. The summed E-state index contributed by atoms with van der Waals surface area (Å²) in [6.07, 6.45) is 5.41. The molecular formula is C23H17ClFN5O. The van der Waals surface area contributed by atoms with E-state index in [1.54, 1.807) is 33.8 Å². The first kappa shape index (κ1) is 19.3. The van der Waals surface area contributed by atoms with Crippen LogP contribution in [0.15, 0.2) is 71.9 Å². The number of halogens is 2. The maximum Gasteiger partial charge on any atom is 0.251 e. The van der Waals surface area contributed by atoms with Crippen molar-refractivity contribution in [3.63, 3.8) is 0 Å². The fourth-order valence-electron chi connectivity index (χ4n) is 3.61. The highest BCUT2D eigenvalue weighted by atomic mass is 35.5. The summed E-state index contributed by atoms with van der Waals surface area (Å²) in [4.78, 5) is 12.7. The summed E-state index contributed by atoms with van der Waals surface area (Å²) >= 11 is 5.85. The summed E-state index contributed by atoms with van der Waals surface area (Å²) < 4.78 is 16.7. The standard InChI is InChI=1S/C23H17ClFN5O/c1-29-13-17(11-26-29)23-18-9-15(3-5-21(18)27-28-23)16-6-7-30(22(31)10-16)12-14-2-4-20(25)19(24)8-14/h2-11,13H,12H2,1H3,(H,27,28). The molecule has 0 atom stereocenters. The van der Waals surface area contributed by atoms with Gasteiger partial charge in [0.1, 0.15) is 11.5 Å². The van der Waals surface area contributed by atoms with Gasteiger partial charge in [-0.1, -0.05) is 23.7 Å². The Kier molecular flexibility index (Phi) is 4.67. The van der Waals surface area contributed by atoms with Gasteiger partial charge < -0.3 is 4.57 Å². The van der Waals surface area contributed by atoms with Gasteiger partial charge >= 0.3 is 0 Å². The number of H-pyrrole nitrogens is 1. The molecule has 0 aliphatic carbocycles. The molecule has 0 bridgehead atoms. The van der Waals surface area contributed by atoms with E-state index in [1.807, 2.05) is 37.5 Å². The van der Waals surface area contributed by atoms with E-state index in [0.717, 1.165) is 38.9 Å². The van der Waals surface area contributed by atoms with Crippen LogP contribution in [-0.2, 0) is 13.6 Å². The van der Waals surface area contributed by atoms with Crippen molar-refractivity contribution in [2.45, 2.75) is 6.54 Å². The van der Waals surface area contributed by atoms with Crippen molar-refractivity contribution in [1.82, 2.24) is 24.5 Å². The molecule has 5 aromatic rings. The molecule has 5 rings (SSSR count). The zero-order valence-corrected chi connectivity index (χ0v) is 17.3. The third-order valence-corrected chi connectivity index (χ3v) is 5.50. The van der Waals surface area contributed by atoms with Crippen molar-refractivity contribution >= 4 is 22.5 Å². The highest BCUT2D eigenvalue weighted by molar-refractivity contribution is 6.30.